The molecule has 4 aromatic rings. The van der Waals surface area contributed by atoms with Crippen molar-refractivity contribution in [2.24, 2.45) is 4.99 Å². The van der Waals surface area contributed by atoms with E-state index in [9.17, 15) is 14.4 Å². The number of carboxylic acid groups (broad SMARTS) is 1. The molecule has 1 atom stereocenters. The highest BCUT2D eigenvalue weighted by molar-refractivity contribution is 7.07. The number of carbonyl (C=O) groups is 2. The van der Waals surface area contributed by atoms with Gasteiger partial charge < -0.3 is 24.1 Å². The number of thiazole rings is 1. The smallest absolute Gasteiger partial charge is 0.338 e. The summed E-state index contributed by atoms with van der Waals surface area (Å²) < 4.78 is 24.2. The Morgan fingerprint density at radius 3 is 2.34 bits per heavy atom. The van der Waals surface area contributed by atoms with Gasteiger partial charge in [-0.05, 0) is 73.5 Å². The first kappa shape index (κ1) is 30.3. The lowest BCUT2D eigenvalue weighted by Crippen LogP contribution is -2.40. The number of esters is 1. The van der Waals surface area contributed by atoms with E-state index in [2.05, 4.69) is 4.99 Å². The van der Waals surface area contributed by atoms with Gasteiger partial charge in [0.05, 0.1) is 42.2 Å². The quantitative estimate of drug-likeness (QED) is 0.265. The Balaban J connectivity index is 1.50. The molecule has 0 amide bonds. The summed E-state index contributed by atoms with van der Waals surface area (Å²) in [4.78, 5) is 43.3. The fraction of sp³-hybridized carbons (Fsp3) is 0.212. The third-order valence-corrected chi connectivity index (χ3v) is 8.02. The van der Waals surface area contributed by atoms with Crippen molar-refractivity contribution in [3.63, 3.8) is 0 Å². The van der Waals surface area contributed by atoms with Gasteiger partial charge in [-0.25, -0.2) is 14.6 Å². The number of aromatic carboxylic acids is 1. The normalized spacial score (nSPS) is 14.5. The van der Waals surface area contributed by atoms with Crippen LogP contribution < -0.4 is 29.1 Å². The minimum Gasteiger partial charge on any atom is -0.497 e. The lowest BCUT2D eigenvalue weighted by atomic mass is 9.94. The summed E-state index contributed by atoms with van der Waals surface area (Å²) in [6.07, 6.45) is 1.77. The van der Waals surface area contributed by atoms with E-state index in [0.29, 0.717) is 37.8 Å². The van der Waals surface area contributed by atoms with Crippen LogP contribution in [-0.2, 0) is 16.1 Å². The molecule has 0 unspecified atom stereocenters. The van der Waals surface area contributed by atoms with Crippen molar-refractivity contribution in [3.05, 3.63) is 120 Å². The molecule has 11 heteroatoms. The van der Waals surface area contributed by atoms with Crippen molar-refractivity contribution in [1.29, 1.82) is 0 Å². The molecule has 226 valence electrons. The third-order valence-electron chi connectivity index (χ3n) is 7.03. The molecule has 1 aromatic heterocycles. The van der Waals surface area contributed by atoms with Crippen LogP contribution in [0, 0.1) is 0 Å². The average Bonchev–Trinajstić information content (AvgIpc) is 3.33. The molecule has 0 aliphatic carbocycles. The number of benzene rings is 3. The van der Waals surface area contributed by atoms with Gasteiger partial charge in [0.1, 0.15) is 29.9 Å². The second kappa shape index (κ2) is 13.0. The number of hydrogen-bond donors (Lipinski definition) is 1. The molecule has 0 saturated carbocycles. The molecule has 0 radical (unpaired) electrons. The Kier molecular flexibility index (Phi) is 8.96. The first-order valence-corrected chi connectivity index (χ1v) is 14.5. The van der Waals surface area contributed by atoms with Crippen LogP contribution in [0.3, 0.4) is 0 Å². The largest absolute Gasteiger partial charge is 0.497 e. The fourth-order valence-electron chi connectivity index (χ4n) is 4.86. The molecule has 0 bridgehead atoms. The zero-order valence-electron chi connectivity index (χ0n) is 24.5. The molecule has 0 saturated heterocycles. The number of hydrogen-bond acceptors (Lipinski definition) is 9. The van der Waals surface area contributed by atoms with Crippen molar-refractivity contribution < 1.29 is 33.6 Å². The van der Waals surface area contributed by atoms with Gasteiger partial charge in [0.2, 0.25) is 0 Å². The van der Waals surface area contributed by atoms with Gasteiger partial charge in [0.15, 0.2) is 4.80 Å². The van der Waals surface area contributed by atoms with Crippen molar-refractivity contribution >= 4 is 29.4 Å². The van der Waals surface area contributed by atoms with Gasteiger partial charge in [-0.3, -0.25) is 9.36 Å². The van der Waals surface area contributed by atoms with Crippen LogP contribution in [0.5, 0.6) is 17.2 Å². The maximum absolute atomic E-state index is 14.0. The number of nitrogens with zero attached hydrogens (tertiary/aromatic N) is 2. The minimum absolute atomic E-state index is 0.165. The van der Waals surface area contributed by atoms with E-state index in [1.54, 1.807) is 69.5 Å². The van der Waals surface area contributed by atoms with E-state index < -0.39 is 18.0 Å². The maximum atomic E-state index is 14.0. The second-order valence-electron chi connectivity index (χ2n) is 9.77. The molecule has 0 spiro atoms. The molecule has 1 aliphatic heterocycles. The van der Waals surface area contributed by atoms with Gasteiger partial charge in [0.25, 0.3) is 5.56 Å². The zero-order valence-corrected chi connectivity index (χ0v) is 25.3. The predicted molar refractivity (Wildman–Crippen MR) is 164 cm³/mol. The Morgan fingerprint density at radius 2 is 1.70 bits per heavy atom. The van der Waals surface area contributed by atoms with Crippen LogP contribution in [0.15, 0.2) is 87.8 Å². The molecular weight excluding hydrogens is 584 g/mol. The molecule has 5 rings (SSSR count). The van der Waals surface area contributed by atoms with Crippen molar-refractivity contribution in [1.82, 2.24) is 4.57 Å². The first-order chi connectivity index (χ1) is 21.2. The number of carbonyl (C=O) groups excluding carboxylic acids is 1. The summed E-state index contributed by atoms with van der Waals surface area (Å²) in [7, 11) is 3.07. The van der Waals surface area contributed by atoms with Crippen molar-refractivity contribution in [3.8, 4) is 17.2 Å². The lowest BCUT2D eigenvalue weighted by Gasteiger charge is -2.26. The molecule has 10 nitrogen and oxygen atoms in total. The molecule has 44 heavy (non-hydrogen) atoms. The Morgan fingerprint density at radius 1 is 1.00 bits per heavy atom. The van der Waals surface area contributed by atoms with Gasteiger partial charge in [-0.1, -0.05) is 35.6 Å². The number of ether oxygens (including phenoxy) is 4. The Bertz CT molecular complexity index is 1920. The van der Waals surface area contributed by atoms with E-state index in [4.69, 9.17) is 24.1 Å². The highest BCUT2D eigenvalue weighted by atomic mass is 32.1. The zero-order chi connectivity index (χ0) is 31.4. The lowest BCUT2D eigenvalue weighted by molar-refractivity contribution is -0.139. The summed E-state index contributed by atoms with van der Waals surface area (Å²) in [5, 5.41) is 9.06. The Labute approximate surface area is 256 Å². The van der Waals surface area contributed by atoms with Crippen molar-refractivity contribution in [2.75, 3.05) is 20.8 Å². The Hall–Kier alpha value is -5.16. The SMILES string of the molecule is CCOC(=O)C1=C(C)N=c2s/c(=C/c3ccc(OCc4ccc(C(=O)O)cc4)cc3)c(=O)n2[C@@H]1c1cc(OC)ccc1OC. The molecule has 3 aromatic carbocycles. The summed E-state index contributed by atoms with van der Waals surface area (Å²) in [6.45, 7) is 3.88. The number of rotatable bonds is 10. The maximum Gasteiger partial charge on any atom is 0.338 e. The number of methoxy groups -OCH3 is 2. The minimum atomic E-state index is -0.981. The van der Waals surface area contributed by atoms with Gasteiger partial charge >= 0.3 is 11.9 Å². The highest BCUT2D eigenvalue weighted by Crippen LogP contribution is 2.37. The molecular formula is C33H30N2O8S. The van der Waals surface area contributed by atoms with Crippen LogP contribution in [0.25, 0.3) is 6.08 Å². The standard InChI is InChI=1S/C33H30N2O8S/c1-5-42-32(39)28-19(2)34-33-35(29(28)25-17-24(40-3)14-15-26(25)41-4)30(36)27(44-33)16-20-8-12-23(13-9-20)43-18-21-6-10-22(11-7-21)31(37)38/h6-17,29H,5,18H2,1-4H3,(H,37,38)/b27-16+/t29-/m1/s1. The van der Waals surface area contributed by atoms with E-state index in [0.717, 1.165) is 11.1 Å². The van der Waals surface area contributed by atoms with E-state index in [1.165, 1.54) is 35.1 Å². The monoisotopic (exact) mass is 614 g/mol. The predicted octanol–water partition coefficient (Wildman–Crippen LogP) is 4.09. The van der Waals surface area contributed by atoms with Crippen LogP contribution >= 0.6 is 11.3 Å². The van der Waals surface area contributed by atoms with Crippen molar-refractivity contribution in [2.45, 2.75) is 26.5 Å². The van der Waals surface area contributed by atoms with Crippen LogP contribution in [0.1, 0.15) is 46.9 Å². The van der Waals surface area contributed by atoms with Crippen LogP contribution in [-0.4, -0.2) is 42.4 Å². The summed E-state index contributed by atoms with van der Waals surface area (Å²) in [6, 6.07) is 18.1. The number of allylic oxidation sites excluding steroid dienone is 1. The highest BCUT2D eigenvalue weighted by Gasteiger charge is 2.35. The van der Waals surface area contributed by atoms with Crippen LogP contribution in [0.4, 0.5) is 0 Å². The van der Waals surface area contributed by atoms with E-state index >= 15 is 0 Å². The van der Waals surface area contributed by atoms with Gasteiger partial charge in [-0.15, -0.1) is 0 Å². The topological polar surface area (TPSA) is 126 Å². The van der Waals surface area contributed by atoms with Crippen LogP contribution in [0.2, 0.25) is 0 Å². The van der Waals surface area contributed by atoms with E-state index in [-0.39, 0.29) is 29.9 Å². The number of carboxylic acids is 1. The second-order valence-corrected chi connectivity index (χ2v) is 10.8. The van der Waals surface area contributed by atoms with Gasteiger partial charge in [0, 0.05) is 5.56 Å². The summed E-state index contributed by atoms with van der Waals surface area (Å²) >= 11 is 1.22. The van der Waals surface area contributed by atoms with Gasteiger partial charge in [-0.2, -0.15) is 0 Å². The summed E-state index contributed by atoms with van der Waals surface area (Å²) in [5.74, 6) is 0.0957. The molecule has 1 aliphatic rings. The number of aromatic nitrogens is 1. The molecule has 1 N–H and O–H groups in total. The molecule has 2 heterocycles. The molecule has 0 fully saturated rings. The van der Waals surface area contributed by atoms with E-state index in [1.807, 2.05) is 12.1 Å². The first-order valence-electron chi connectivity index (χ1n) is 13.7. The average molecular weight is 615 g/mol. The fourth-order valence-corrected chi connectivity index (χ4v) is 5.91. The third kappa shape index (κ3) is 6.13. The number of fused-ring (bicyclic) bond motifs is 1. The summed E-state index contributed by atoms with van der Waals surface area (Å²) in [5.41, 5.74) is 2.76.